The molecule has 0 amide bonds. The summed E-state index contributed by atoms with van der Waals surface area (Å²) in [6.07, 6.45) is 1.80. The fourth-order valence-electron chi connectivity index (χ4n) is 5.07. The molecule has 1 aliphatic rings. The van der Waals surface area contributed by atoms with Crippen LogP contribution in [-0.2, 0) is 9.53 Å². The molecule has 1 aromatic heterocycles. The van der Waals surface area contributed by atoms with Gasteiger partial charge >= 0.3 is 5.97 Å². The smallest absolute Gasteiger partial charge is 0.338 e. The van der Waals surface area contributed by atoms with Gasteiger partial charge in [0, 0.05) is 0 Å². The zero-order chi connectivity index (χ0) is 31.9. The lowest BCUT2D eigenvalue weighted by Crippen LogP contribution is -2.39. The highest BCUT2D eigenvalue weighted by atomic mass is 32.1. The molecule has 0 unspecified atom stereocenters. The van der Waals surface area contributed by atoms with Crippen LogP contribution in [0.25, 0.3) is 6.08 Å². The number of aromatic nitrogens is 1. The van der Waals surface area contributed by atoms with Crippen molar-refractivity contribution in [2.45, 2.75) is 33.7 Å². The molecule has 0 saturated carbocycles. The second-order valence-corrected chi connectivity index (χ2v) is 11.2. The summed E-state index contributed by atoms with van der Waals surface area (Å²) in [5, 5.41) is 0. The van der Waals surface area contributed by atoms with Crippen LogP contribution in [0.4, 0.5) is 0 Å². The number of hydrogen-bond acceptors (Lipinski definition) is 9. The van der Waals surface area contributed by atoms with Gasteiger partial charge in [0.1, 0.15) is 24.7 Å². The molecule has 1 aliphatic heterocycles. The molecule has 10 heteroatoms. The predicted octanol–water partition coefficient (Wildman–Crippen LogP) is 4.97. The third-order valence-electron chi connectivity index (χ3n) is 7.21. The van der Waals surface area contributed by atoms with E-state index in [4.69, 9.17) is 23.7 Å². The number of fused-ring (bicyclic) bond motifs is 1. The van der Waals surface area contributed by atoms with Gasteiger partial charge < -0.3 is 23.7 Å². The predicted molar refractivity (Wildman–Crippen MR) is 173 cm³/mol. The quantitative estimate of drug-likeness (QED) is 0.161. The molecule has 45 heavy (non-hydrogen) atoms. The summed E-state index contributed by atoms with van der Waals surface area (Å²) in [7, 11) is 1.59. The third-order valence-corrected chi connectivity index (χ3v) is 8.19. The monoisotopic (exact) mass is 628 g/mol. The van der Waals surface area contributed by atoms with E-state index in [1.165, 1.54) is 11.3 Å². The van der Waals surface area contributed by atoms with Gasteiger partial charge in [-0.05, 0) is 80.8 Å². The van der Waals surface area contributed by atoms with Gasteiger partial charge in [-0.2, -0.15) is 0 Å². The average molecular weight is 629 g/mol. The molecular weight excluding hydrogens is 592 g/mol. The Balaban J connectivity index is 1.46. The average Bonchev–Trinajstić information content (AvgIpc) is 3.34. The van der Waals surface area contributed by atoms with Crippen molar-refractivity contribution in [3.63, 3.8) is 0 Å². The molecule has 3 aromatic carbocycles. The van der Waals surface area contributed by atoms with Crippen LogP contribution >= 0.6 is 11.3 Å². The van der Waals surface area contributed by atoms with Crippen LogP contribution in [0.1, 0.15) is 43.5 Å². The van der Waals surface area contributed by atoms with Crippen LogP contribution in [0.5, 0.6) is 23.0 Å². The topological polar surface area (TPSA) is 97.6 Å². The zero-order valence-corrected chi connectivity index (χ0v) is 26.8. The normalized spacial score (nSPS) is 14.4. The van der Waals surface area contributed by atoms with Gasteiger partial charge in [0.25, 0.3) is 5.56 Å². The standard InChI is InChI=1S/C35H36N2O7S/c1-6-41-29-20-24(12-17-28(29)44-19-18-43-27-11-9-8-10-22(27)3)21-30-33(38)37-32(25-13-15-26(40-5)16-14-25)31(34(39)42-7-2)23(4)36-35(37)45-30/h8-17,20-21,32H,6-7,18-19H2,1-5H3/b30-21-/t32-/m1/s1. The van der Waals surface area contributed by atoms with Gasteiger partial charge in [-0.25, -0.2) is 9.79 Å². The van der Waals surface area contributed by atoms with E-state index >= 15 is 0 Å². The van der Waals surface area contributed by atoms with E-state index in [2.05, 4.69) is 4.99 Å². The van der Waals surface area contributed by atoms with Crippen molar-refractivity contribution in [3.8, 4) is 23.0 Å². The lowest BCUT2D eigenvalue weighted by molar-refractivity contribution is -0.139. The molecule has 234 valence electrons. The Morgan fingerprint density at radius 1 is 0.911 bits per heavy atom. The first-order valence-corrected chi connectivity index (χ1v) is 15.6. The highest BCUT2D eigenvalue weighted by molar-refractivity contribution is 7.07. The molecule has 1 atom stereocenters. The van der Waals surface area contributed by atoms with Crippen molar-refractivity contribution in [1.82, 2.24) is 4.57 Å². The van der Waals surface area contributed by atoms with Gasteiger partial charge in [-0.3, -0.25) is 9.36 Å². The van der Waals surface area contributed by atoms with E-state index in [1.54, 1.807) is 43.7 Å². The van der Waals surface area contributed by atoms with Crippen molar-refractivity contribution in [2.24, 2.45) is 4.99 Å². The number of thiazole rings is 1. The first-order valence-electron chi connectivity index (χ1n) is 14.8. The van der Waals surface area contributed by atoms with Gasteiger partial charge in [0.05, 0.1) is 42.2 Å². The Morgan fingerprint density at radius 2 is 1.64 bits per heavy atom. The molecule has 0 N–H and O–H groups in total. The van der Waals surface area contributed by atoms with Crippen LogP contribution in [0.2, 0.25) is 0 Å². The lowest BCUT2D eigenvalue weighted by atomic mass is 9.96. The summed E-state index contributed by atoms with van der Waals surface area (Å²) in [5.74, 6) is 2.13. The Morgan fingerprint density at radius 3 is 2.33 bits per heavy atom. The van der Waals surface area contributed by atoms with Crippen molar-refractivity contribution >= 4 is 23.4 Å². The second-order valence-electron chi connectivity index (χ2n) is 10.2. The van der Waals surface area contributed by atoms with Crippen LogP contribution in [-0.4, -0.2) is 44.1 Å². The molecule has 9 nitrogen and oxygen atoms in total. The SMILES string of the molecule is CCOC(=O)C1=C(C)N=c2s/c(=C\c3ccc(OCCOc4ccccc4C)c(OCC)c3)c(=O)n2[C@@H]1c1ccc(OC)cc1. The summed E-state index contributed by atoms with van der Waals surface area (Å²) in [6, 6.07) is 20.0. The molecule has 4 aromatic rings. The maximum Gasteiger partial charge on any atom is 0.338 e. The number of methoxy groups -OCH3 is 1. The van der Waals surface area contributed by atoms with E-state index < -0.39 is 12.0 Å². The van der Waals surface area contributed by atoms with Crippen LogP contribution < -0.4 is 33.8 Å². The van der Waals surface area contributed by atoms with Gasteiger partial charge in [0.15, 0.2) is 16.3 Å². The van der Waals surface area contributed by atoms with Crippen molar-refractivity contribution in [1.29, 1.82) is 0 Å². The van der Waals surface area contributed by atoms with Gasteiger partial charge in [-0.1, -0.05) is 47.7 Å². The Labute approximate surface area is 265 Å². The Bertz CT molecular complexity index is 1890. The van der Waals surface area contributed by atoms with E-state index in [-0.39, 0.29) is 12.2 Å². The fraction of sp³-hybridized carbons (Fsp3) is 0.286. The van der Waals surface area contributed by atoms with Crippen LogP contribution in [0.3, 0.4) is 0 Å². The van der Waals surface area contributed by atoms with E-state index in [0.717, 1.165) is 22.4 Å². The first-order chi connectivity index (χ1) is 21.8. The number of aryl methyl sites for hydroxylation is 1. The Kier molecular flexibility index (Phi) is 10.0. The second kappa shape index (κ2) is 14.3. The number of esters is 1. The van der Waals surface area contributed by atoms with Crippen LogP contribution in [0, 0.1) is 6.92 Å². The summed E-state index contributed by atoms with van der Waals surface area (Å²) in [6.45, 7) is 8.77. The lowest BCUT2D eigenvalue weighted by Gasteiger charge is -2.24. The molecule has 0 spiro atoms. The largest absolute Gasteiger partial charge is 0.497 e. The first kappa shape index (κ1) is 31.6. The molecule has 0 aliphatic carbocycles. The maximum absolute atomic E-state index is 14.0. The van der Waals surface area contributed by atoms with E-state index in [9.17, 15) is 9.59 Å². The number of para-hydroxylation sites is 1. The number of allylic oxidation sites excluding steroid dienone is 1. The zero-order valence-electron chi connectivity index (χ0n) is 26.0. The number of carbonyl (C=O) groups is 1. The minimum Gasteiger partial charge on any atom is -0.497 e. The molecule has 2 heterocycles. The van der Waals surface area contributed by atoms with Gasteiger partial charge in [0.2, 0.25) is 0 Å². The summed E-state index contributed by atoms with van der Waals surface area (Å²) in [4.78, 5) is 32.2. The highest BCUT2D eigenvalue weighted by Crippen LogP contribution is 2.32. The molecule has 0 fully saturated rings. The molecule has 0 bridgehead atoms. The van der Waals surface area contributed by atoms with Crippen molar-refractivity contribution in [3.05, 3.63) is 114 Å². The molecule has 0 saturated heterocycles. The number of carbonyl (C=O) groups excluding carboxylic acids is 1. The summed E-state index contributed by atoms with van der Waals surface area (Å²) >= 11 is 1.26. The number of benzene rings is 3. The van der Waals surface area contributed by atoms with Crippen molar-refractivity contribution < 1.29 is 28.5 Å². The third kappa shape index (κ3) is 6.96. The maximum atomic E-state index is 14.0. The number of ether oxygens (including phenoxy) is 5. The molecule has 5 rings (SSSR count). The summed E-state index contributed by atoms with van der Waals surface area (Å²) < 4.78 is 30.5. The minimum absolute atomic E-state index is 0.205. The van der Waals surface area contributed by atoms with Gasteiger partial charge in [-0.15, -0.1) is 0 Å². The van der Waals surface area contributed by atoms with E-state index in [1.807, 2.05) is 68.4 Å². The Hall–Kier alpha value is -4.83. The molecule has 0 radical (unpaired) electrons. The number of hydrogen-bond donors (Lipinski definition) is 0. The summed E-state index contributed by atoms with van der Waals surface area (Å²) in [5.41, 5.74) is 3.13. The fourth-order valence-corrected chi connectivity index (χ4v) is 6.11. The van der Waals surface area contributed by atoms with Crippen molar-refractivity contribution in [2.75, 3.05) is 33.5 Å². The van der Waals surface area contributed by atoms with E-state index in [0.29, 0.717) is 57.7 Å². The minimum atomic E-state index is -0.704. The molecular formula is C35H36N2O7S. The van der Waals surface area contributed by atoms with Crippen LogP contribution in [0.15, 0.2) is 87.8 Å². The highest BCUT2D eigenvalue weighted by Gasteiger charge is 2.33. The number of nitrogens with zero attached hydrogens (tertiary/aromatic N) is 2. The number of rotatable bonds is 12.